The fourth-order valence-corrected chi connectivity index (χ4v) is 9.68. The molecule has 288 valence electrons. The predicted molar refractivity (Wildman–Crippen MR) is 258 cm³/mol. The van der Waals surface area contributed by atoms with Crippen LogP contribution >= 0.6 is 0 Å². The maximum absolute atomic E-state index is 6.38. The lowest BCUT2D eigenvalue weighted by Gasteiger charge is -2.21. The molecule has 0 radical (unpaired) electrons. The van der Waals surface area contributed by atoms with Gasteiger partial charge in [-0.3, -0.25) is 0 Å². The second-order valence-corrected chi connectivity index (χ2v) is 16.1. The molecule has 13 aromatic rings. The first-order valence-electron chi connectivity index (χ1n) is 21.1. The summed E-state index contributed by atoms with van der Waals surface area (Å²) < 4.78 is 8.91. The summed E-state index contributed by atoms with van der Waals surface area (Å²) in [5.74, 6) is 0.657. The fourth-order valence-electron chi connectivity index (χ4n) is 9.68. The molecule has 0 aliphatic carbocycles. The van der Waals surface area contributed by atoms with Gasteiger partial charge >= 0.3 is 0 Å². The molecule has 0 aliphatic rings. The molecule has 13 rings (SSSR count). The maximum atomic E-state index is 6.38. The number of furan rings is 1. The topological polar surface area (TPSA) is 43.9 Å². The smallest absolute Gasteiger partial charge is 0.161 e. The number of fused-ring (bicyclic) bond motifs is 10. The first-order valence-corrected chi connectivity index (χ1v) is 21.1. The van der Waals surface area contributed by atoms with Gasteiger partial charge in [-0.1, -0.05) is 170 Å². The molecular weight excluding hydrogens is 755 g/mol. The third-order valence-electron chi connectivity index (χ3n) is 12.6. The number of hydrogen-bond acceptors (Lipinski definition) is 3. The summed E-state index contributed by atoms with van der Waals surface area (Å²) in [7, 11) is 0. The van der Waals surface area contributed by atoms with Gasteiger partial charge in [0.05, 0.1) is 28.1 Å². The van der Waals surface area contributed by atoms with Crippen LogP contribution in [0, 0.1) is 0 Å². The third-order valence-corrected chi connectivity index (χ3v) is 12.6. The Morgan fingerprint density at radius 3 is 1.73 bits per heavy atom. The highest BCUT2D eigenvalue weighted by atomic mass is 16.3. The summed E-state index contributed by atoms with van der Waals surface area (Å²) in [6.45, 7) is 0. The van der Waals surface area contributed by atoms with Gasteiger partial charge in [-0.25, -0.2) is 9.97 Å². The minimum atomic E-state index is 0.657. The Balaban J connectivity index is 1.14. The second kappa shape index (κ2) is 13.6. The van der Waals surface area contributed by atoms with Crippen LogP contribution in [0.1, 0.15) is 0 Å². The number of nitrogens with zero attached hydrogens (tertiary/aromatic N) is 3. The zero-order valence-electron chi connectivity index (χ0n) is 33.5. The quantitative estimate of drug-likeness (QED) is 0.174. The van der Waals surface area contributed by atoms with Crippen molar-refractivity contribution in [2.45, 2.75) is 0 Å². The van der Waals surface area contributed by atoms with Gasteiger partial charge < -0.3 is 8.98 Å². The Bertz CT molecular complexity index is 3920. The Hall–Kier alpha value is -8.34. The fraction of sp³-hybridized carbons (Fsp3) is 0. The molecule has 0 saturated heterocycles. The molecule has 0 atom stereocenters. The summed E-state index contributed by atoms with van der Waals surface area (Å²) in [5.41, 5.74) is 12.0. The monoisotopic (exact) mass is 789 g/mol. The number of hydrogen-bond donors (Lipinski definition) is 0. The third kappa shape index (κ3) is 5.33. The predicted octanol–water partition coefficient (Wildman–Crippen LogP) is 15.6. The molecule has 3 heterocycles. The van der Waals surface area contributed by atoms with Gasteiger partial charge in [-0.15, -0.1) is 0 Å². The summed E-state index contributed by atoms with van der Waals surface area (Å²) in [4.78, 5) is 10.9. The zero-order chi connectivity index (χ0) is 40.7. The van der Waals surface area contributed by atoms with Crippen LogP contribution in [0.15, 0.2) is 217 Å². The van der Waals surface area contributed by atoms with Crippen LogP contribution in [0.3, 0.4) is 0 Å². The van der Waals surface area contributed by atoms with Crippen molar-refractivity contribution in [3.05, 3.63) is 212 Å². The van der Waals surface area contributed by atoms with E-state index in [1.54, 1.807) is 0 Å². The molecule has 0 saturated carbocycles. The van der Waals surface area contributed by atoms with E-state index >= 15 is 0 Å². The number of rotatable bonds is 5. The highest BCUT2D eigenvalue weighted by Gasteiger charge is 2.24. The molecule has 4 heteroatoms. The van der Waals surface area contributed by atoms with Crippen LogP contribution in [0.4, 0.5) is 0 Å². The normalized spacial score (nSPS) is 11.9. The standard InChI is InChI=1S/C58H35N3O/c1-3-15-36(16-4-1)48-34-50(58-59-51(38-18-5-2-6-19-38)35-52(60-58)41-28-29-45-44-24-13-14-26-54(44)62-55(45)33-41)43-23-11-12-25-46(43)57(48)61-53-32-40-21-8-7-20-39(40)31-49(53)47-30-27-37-17-9-10-22-42(37)56(47)61/h1-35H. The van der Waals surface area contributed by atoms with Crippen molar-refractivity contribution in [2.24, 2.45) is 0 Å². The highest BCUT2D eigenvalue weighted by Crippen LogP contribution is 2.46. The Labute approximate surface area is 356 Å². The summed E-state index contributed by atoms with van der Waals surface area (Å²) >= 11 is 0. The molecule has 0 unspecified atom stereocenters. The second-order valence-electron chi connectivity index (χ2n) is 16.1. The SMILES string of the molecule is c1ccc(-c2cc(-c3ccc4c(c3)oc3ccccc34)nc(-c3cc(-c4ccccc4)c(-n4c5cc6ccccc6cc5c5ccc6ccccc6c54)c4ccccc34)n2)cc1. The molecule has 3 aromatic heterocycles. The maximum Gasteiger partial charge on any atom is 0.161 e. The van der Waals surface area contributed by atoms with Crippen LogP contribution in [0.2, 0.25) is 0 Å². The van der Waals surface area contributed by atoms with Crippen molar-refractivity contribution >= 4 is 76.1 Å². The summed E-state index contributed by atoms with van der Waals surface area (Å²) in [5, 5.41) is 11.7. The molecule has 4 nitrogen and oxygen atoms in total. The van der Waals surface area contributed by atoms with Crippen molar-refractivity contribution in [2.75, 3.05) is 0 Å². The molecular formula is C58H35N3O. The number of para-hydroxylation sites is 1. The molecule has 0 amide bonds. The van der Waals surface area contributed by atoms with Gasteiger partial charge in [-0.2, -0.15) is 0 Å². The number of benzene rings is 10. The van der Waals surface area contributed by atoms with E-state index in [2.05, 4.69) is 199 Å². The van der Waals surface area contributed by atoms with E-state index in [0.717, 1.165) is 83.1 Å². The molecule has 62 heavy (non-hydrogen) atoms. The van der Waals surface area contributed by atoms with Crippen LogP contribution in [-0.2, 0) is 0 Å². The van der Waals surface area contributed by atoms with Gasteiger partial charge in [0.1, 0.15) is 11.2 Å². The lowest BCUT2D eigenvalue weighted by Crippen LogP contribution is -2.02. The van der Waals surface area contributed by atoms with Gasteiger partial charge in [0.2, 0.25) is 0 Å². The Morgan fingerprint density at radius 1 is 0.339 bits per heavy atom. The Kier molecular flexibility index (Phi) is 7.57. The van der Waals surface area contributed by atoms with E-state index in [4.69, 9.17) is 14.4 Å². The largest absolute Gasteiger partial charge is 0.456 e. The minimum Gasteiger partial charge on any atom is -0.456 e. The molecule has 0 spiro atoms. The molecule has 0 bridgehead atoms. The van der Waals surface area contributed by atoms with E-state index in [-0.39, 0.29) is 0 Å². The molecule has 0 N–H and O–H groups in total. The van der Waals surface area contributed by atoms with Crippen LogP contribution in [0.25, 0.3) is 127 Å². The van der Waals surface area contributed by atoms with E-state index in [9.17, 15) is 0 Å². The van der Waals surface area contributed by atoms with Crippen LogP contribution in [-0.4, -0.2) is 14.5 Å². The average molecular weight is 790 g/mol. The zero-order valence-corrected chi connectivity index (χ0v) is 33.5. The lowest BCUT2D eigenvalue weighted by atomic mass is 9.93. The highest BCUT2D eigenvalue weighted by molar-refractivity contribution is 6.22. The van der Waals surface area contributed by atoms with Gasteiger partial charge in [0, 0.05) is 54.6 Å². The molecule has 10 aromatic carbocycles. The van der Waals surface area contributed by atoms with E-state index in [0.29, 0.717) is 5.82 Å². The first-order chi connectivity index (χ1) is 30.7. The molecule has 0 aliphatic heterocycles. The van der Waals surface area contributed by atoms with Crippen molar-refractivity contribution in [1.29, 1.82) is 0 Å². The summed E-state index contributed by atoms with van der Waals surface area (Å²) in [6, 6.07) is 75.7. The van der Waals surface area contributed by atoms with E-state index < -0.39 is 0 Å². The first kappa shape index (κ1) is 34.5. The van der Waals surface area contributed by atoms with E-state index in [1.807, 2.05) is 18.2 Å². The van der Waals surface area contributed by atoms with Gasteiger partial charge in [0.25, 0.3) is 0 Å². The van der Waals surface area contributed by atoms with Crippen molar-refractivity contribution in [3.63, 3.8) is 0 Å². The lowest BCUT2D eigenvalue weighted by molar-refractivity contribution is 0.669. The summed E-state index contributed by atoms with van der Waals surface area (Å²) in [6.07, 6.45) is 0. The van der Waals surface area contributed by atoms with Gasteiger partial charge in [0.15, 0.2) is 5.82 Å². The van der Waals surface area contributed by atoms with Crippen LogP contribution < -0.4 is 0 Å². The average Bonchev–Trinajstić information content (AvgIpc) is 3.88. The van der Waals surface area contributed by atoms with Gasteiger partial charge in [-0.05, 0) is 69.6 Å². The number of aromatic nitrogens is 3. The van der Waals surface area contributed by atoms with Crippen molar-refractivity contribution in [3.8, 4) is 50.7 Å². The van der Waals surface area contributed by atoms with Crippen molar-refractivity contribution in [1.82, 2.24) is 14.5 Å². The van der Waals surface area contributed by atoms with E-state index in [1.165, 1.54) is 37.8 Å². The van der Waals surface area contributed by atoms with Crippen molar-refractivity contribution < 1.29 is 4.42 Å². The molecule has 0 fully saturated rings. The van der Waals surface area contributed by atoms with Crippen LogP contribution in [0.5, 0.6) is 0 Å². The minimum absolute atomic E-state index is 0.657. The Morgan fingerprint density at radius 2 is 0.935 bits per heavy atom.